The molecule has 2 aromatic carbocycles. The standard InChI is InChI=1S/C22H20N4O2/c1-28-17-8-9-20-18(13-17)22(27)24-21(23-20)12-14-2-6-16(7-3-14)26-11-10-19(25-26)15-4-5-15/h2-3,6-11,13,15H,4-5,12H2,1H3,(H,23,24,27). The Hall–Kier alpha value is -3.41. The SMILES string of the molecule is COc1ccc2nc(Cc3ccc(-n4ccc(C5CC5)n4)cc3)[nH]c(=O)c2c1. The van der Waals surface area contributed by atoms with Crippen LogP contribution in [0.1, 0.15) is 35.8 Å². The molecule has 0 bridgehead atoms. The van der Waals surface area contributed by atoms with E-state index in [-0.39, 0.29) is 5.56 Å². The van der Waals surface area contributed by atoms with Crippen molar-refractivity contribution in [3.05, 3.63) is 82.2 Å². The highest BCUT2D eigenvalue weighted by molar-refractivity contribution is 5.79. The minimum absolute atomic E-state index is 0.153. The molecule has 2 heterocycles. The lowest BCUT2D eigenvalue weighted by Gasteiger charge is -2.06. The number of nitrogens with one attached hydrogen (secondary N) is 1. The van der Waals surface area contributed by atoms with E-state index >= 15 is 0 Å². The molecule has 1 fully saturated rings. The number of ether oxygens (including phenoxy) is 1. The van der Waals surface area contributed by atoms with Crippen LogP contribution in [-0.4, -0.2) is 26.9 Å². The van der Waals surface area contributed by atoms with E-state index in [2.05, 4.69) is 21.1 Å². The molecule has 6 nitrogen and oxygen atoms in total. The molecule has 0 atom stereocenters. The molecule has 28 heavy (non-hydrogen) atoms. The molecule has 1 aliphatic rings. The molecule has 2 aromatic heterocycles. The Labute approximate surface area is 161 Å². The Bertz CT molecular complexity index is 1200. The van der Waals surface area contributed by atoms with Gasteiger partial charge in [0, 0.05) is 18.5 Å². The maximum absolute atomic E-state index is 12.4. The molecule has 5 rings (SSSR count). The fourth-order valence-corrected chi connectivity index (χ4v) is 3.42. The van der Waals surface area contributed by atoms with E-state index in [0.29, 0.717) is 34.8 Å². The molecule has 0 aliphatic heterocycles. The van der Waals surface area contributed by atoms with E-state index in [1.807, 2.05) is 47.3 Å². The van der Waals surface area contributed by atoms with E-state index in [4.69, 9.17) is 4.74 Å². The zero-order valence-corrected chi connectivity index (χ0v) is 15.6. The van der Waals surface area contributed by atoms with Crippen molar-refractivity contribution >= 4 is 10.9 Å². The molecule has 0 spiro atoms. The molecule has 0 radical (unpaired) electrons. The van der Waals surface area contributed by atoms with Crippen LogP contribution in [0.5, 0.6) is 5.75 Å². The monoisotopic (exact) mass is 372 g/mol. The number of benzene rings is 2. The van der Waals surface area contributed by atoms with Gasteiger partial charge < -0.3 is 9.72 Å². The largest absolute Gasteiger partial charge is 0.497 e. The summed E-state index contributed by atoms with van der Waals surface area (Å²) in [5.41, 5.74) is 3.80. The summed E-state index contributed by atoms with van der Waals surface area (Å²) >= 11 is 0. The number of rotatable bonds is 5. The van der Waals surface area contributed by atoms with E-state index in [0.717, 1.165) is 11.3 Å². The minimum atomic E-state index is -0.153. The molecule has 0 amide bonds. The summed E-state index contributed by atoms with van der Waals surface area (Å²) in [5.74, 6) is 1.94. The Morgan fingerprint density at radius 2 is 1.96 bits per heavy atom. The van der Waals surface area contributed by atoms with Crippen molar-refractivity contribution in [1.29, 1.82) is 0 Å². The van der Waals surface area contributed by atoms with Crippen LogP contribution < -0.4 is 10.3 Å². The predicted octanol–water partition coefficient (Wildman–Crippen LogP) is 3.59. The number of H-pyrrole nitrogens is 1. The molecular weight excluding hydrogens is 352 g/mol. The predicted molar refractivity (Wildman–Crippen MR) is 107 cm³/mol. The van der Waals surface area contributed by atoms with Gasteiger partial charge in [0.05, 0.1) is 29.4 Å². The maximum Gasteiger partial charge on any atom is 0.258 e. The van der Waals surface area contributed by atoms with E-state index in [1.54, 1.807) is 13.2 Å². The molecule has 0 unspecified atom stereocenters. The lowest BCUT2D eigenvalue weighted by atomic mass is 10.1. The van der Waals surface area contributed by atoms with Gasteiger partial charge in [0.1, 0.15) is 11.6 Å². The normalized spacial score (nSPS) is 13.8. The number of hydrogen-bond donors (Lipinski definition) is 1. The van der Waals surface area contributed by atoms with Crippen molar-refractivity contribution in [1.82, 2.24) is 19.7 Å². The summed E-state index contributed by atoms with van der Waals surface area (Å²) in [6, 6.07) is 15.6. The Morgan fingerprint density at radius 3 is 2.71 bits per heavy atom. The smallest absolute Gasteiger partial charge is 0.258 e. The van der Waals surface area contributed by atoms with Crippen LogP contribution in [0, 0.1) is 0 Å². The first kappa shape index (κ1) is 16.7. The van der Waals surface area contributed by atoms with Crippen molar-refractivity contribution in [3.8, 4) is 11.4 Å². The van der Waals surface area contributed by atoms with Gasteiger partial charge in [0.25, 0.3) is 5.56 Å². The second-order valence-electron chi connectivity index (χ2n) is 7.20. The van der Waals surface area contributed by atoms with Crippen molar-refractivity contribution in [2.75, 3.05) is 7.11 Å². The lowest BCUT2D eigenvalue weighted by molar-refractivity contribution is 0.415. The molecule has 1 aliphatic carbocycles. The third kappa shape index (κ3) is 3.17. The van der Waals surface area contributed by atoms with Crippen molar-refractivity contribution in [3.63, 3.8) is 0 Å². The zero-order valence-electron chi connectivity index (χ0n) is 15.6. The van der Waals surface area contributed by atoms with Crippen molar-refractivity contribution < 1.29 is 4.74 Å². The Kier molecular flexibility index (Phi) is 3.97. The Balaban J connectivity index is 1.38. The summed E-state index contributed by atoms with van der Waals surface area (Å²) in [4.78, 5) is 19.9. The second-order valence-corrected chi connectivity index (χ2v) is 7.20. The Morgan fingerprint density at radius 1 is 1.14 bits per heavy atom. The third-order valence-electron chi connectivity index (χ3n) is 5.14. The van der Waals surface area contributed by atoms with Crippen LogP contribution in [0.4, 0.5) is 0 Å². The lowest BCUT2D eigenvalue weighted by Crippen LogP contribution is -2.12. The first-order chi connectivity index (χ1) is 13.7. The minimum Gasteiger partial charge on any atom is -0.497 e. The maximum atomic E-state index is 12.4. The van der Waals surface area contributed by atoms with Crippen LogP contribution in [-0.2, 0) is 6.42 Å². The molecule has 1 N–H and O–H groups in total. The van der Waals surface area contributed by atoms with Gasteiger partial charge in [-0.1, -0.05) is 12.1 Å². The first-order valence-corrected chi connectivity index (χ1v) is 9.41. The van der Waals surface area contributed by atoms with Crippen molar-refractivity contribution in [2.24, 2.45) is 0 Å². The summed E-state index contributed by atoms with van der Waals surface area (Å²) < 4.78 is 7.10. The molecule has 4 aromatic rings. The van der Waals surface area contributed by atoms with Gasteiger partial charge in [-0.25, -0.2) is 9.67 Å². The number of fused-ring (bicyclic) bond motifs is 1. The van der Waals surface area contributed by atoms with E-state index < -0.39 is 0 Å². The molecule has 0 saturated heterocycles. The van der Waals surface area contributed by atoms with Gasteiger partial charge in [-0.05, 0) is 54.8 Å². The fraction of sp³-hybridized carbons (Fsp3) is 0.227. The molecule has 140 valence electrons. The van der Waals surface area contributed by atoms with Crippen LogP contribution in [0.2, 0.25) is 0 Å². The van der Waals surface area contributed by atoms with Crippen LogP contribution in [0.25, 0.3) is 16.6 Å². The fourth-order valence-electron chi connectivity index (χ4n) is 3.42. The van der Waals surface area contributed by atoms with Gasteiger partial charge in [-0.2, -0.15) is 5.10 Å². The quantitative estimate of drug-likeness (QED) is 0.581. The van der Waals surface area contributed by atoms with E-state index in [1.165, 1.54) is 18.5 Å². The van der Waals surface area contributed by atoms with Gasteiger partial charge >= 0.3 is 0 Å². The average molecular weight is 372 g/mol. The van der Waals surface area contributed by atoms with Gasteiger partial charge in [0.15, 0.2) is 0 Å². The van der Waals surface area contributed by atoms with Crippen molar-refractivity contribution in [2.45, 2.75) is 25.2 Å². The summed E-state index contributed by atoms with van der Waals surface area (Å²) in [7, 11) is 1.58. The summed E-state index contributed by atoms with van der Waals surface area (Å²) in [5, 5.41) is 5.19. The van der Waals surface area contributed by atoms with Crippen LogP contribution >= 0.6 is 0 Å². The summed E-state index contributed by atoms with van der Waals surface area (Å²) in [6.45, 7) is 0. The second kappa shape index (κ2) is 6.64. The topological polar surface area (TPSA) is 72.8 Å². The highest BCUT2D eigenvalue weighted by Crippen LogP contribution is 2.39. The van der Waals surface area contributed by atoms with Gasteiger partial charge in [-0.3, -0.25) is 4.79 Å². The van der Waals surface area contributed by atoms with Crippen LogP contribution in [0.3, 0.4) is 0 Å². The first-order valence-electron chi connectivity index (χ1n) is 9.41. The summed E-state index contributed by atoms with van der Waals surface area (Å²) in [6.07, 6.45) is 5.07. The average Bonchev–Trinajstić information content (AvgIpc) is 3.45. The molecular formula is C22H20N4O2. The number of aromatic nitrogens is 4. The van der Waals surface area contributed by atoms with E-state index in [9.17, 15) is 4.79 Å². The molecule has 1 saturated carbocycles. The highest BCUT2D eigenvalue weighted by Gasteiger charge is 2.25. The zero-order chi connectivity index (χ0) is 19.1. The van der Waals surface area contributed by atoms with Crippen LogP contribution in [0.15, 0.2) is 59.5 Å². The van der Waals surface area contributed by atoms with Gasteiger partial charge in [-0.15, -0.1) is 0 Å². The highest BCUT2D eigenvalue weighted by atomic mass is 16.5. The van der Waals surface area contributed by atoms with Gasteiger partial charge in [0.2, 0.25) is 0 Å². The number of aromatic amines is 1. The number of hydrogen-bond acceptors (Lipinski definition) is 4. The third-order valence-corrected chi connectivity index (χ3v) is 5.14. The number of nitrogens with zero attached hydrogens (tertiary/aromatic N) is 3. The molecule has 6 heteroatoms. The number of methoxy groups -OCH3 is 1.